The molecule has 3 aromatic rings. The van der Waals surface area contributed by atoms with E-state index in [0.717, 1.165) is 43.8 Å². The van der Waals surface area contributed by atoms with Gasteiger partial charge < -0.3 is 35.6 Å². The highest BCUT2D eigenvalue weighted by Gasteiger charge is 2.25. The summed E-state index contributed by atoms with van der Waals surface area (Å²) in [5, 5.41) is 19.3. The Balaban J connectivity index is 1.65. The number of carbonyl (C=O) groups excluding carboxylic acids is 1. The van der Waals surface area contributed by atoms with Gasteiger partial charge in [0.05, 0.1) is 35.5 Å². The molecule has 1 aromatic heterocycles. The van der Waals surface area contributed by atoms with Crippen molar-refractivity contribution in [1.82, 2.24) is 19.9 Å². The molecule has 0 saturated carbocycles. The van der Waals surface area contributed by atoms with Crippen LogP contribution in [0.5, 0.6) is 5.75 Å². The first-order valence-electron chi connectivity index (χ1n) is 13.4. The van der Waals surface area contributed by atoms with Gasteiger partial charge >= 0.3 is 0 Å². The number of aliphatic hydroxyl groups is 1. The fourth-order valence-corrected chi connectivity index (χ4v) is 4.87. The standard InChI is InChI=1S/C29H36F2N8O3/c1-7-26(40)34-22-13-23(25(42-6)14-24(22)39(5)15-17-9-8-10-38(17)4)36-28-33-16-32-27(37-28)35-21-12-20(31)19(30)11-18(21)29(2,3)41/h7,11-14,16-17,41H,1,8-10,15H2,2-6H3,(H,34,40)(H2,32,33,35,36,37)/t17-/m0/s1. The van der Waals surface area contributed by atoms with E-state index in [2.05, 4.69) is 54.3 Å². The van der Waals surface area contributed by atoms with Crippen molar-refractivity contribution in [3.05, 3.63) is 60.4 Å². The highest BCUT2D eigenvalue weighted by molar-refractivity contribution is 6.02. The van der Waals surface area contributed by atoms with Gasteiger partial charge in [0.25, 0.3) is 0 Å². The molecular weight excluding hydrogens is 546 g/mol. The number of halogens is 2. The Morgan fingerprint density at radius 2 is 1.83 bits per heavy atom. The zero-order valence-corrected chi connectivity index (χ0v) is 24.3. The lowest BCUT2D eigenvalue weighted by atomic mass is 9.96. The van der Waals surface area contributed by atoms with Crippen LogP contribution in [0.2, 0.25) is 0 Å². The molecule has 1 fully saturated rings. The number of hydrogen-bond donors (Lipinski definition) is 4. The van der Waals surface area contributed by atoms with Crippen molar-refractivity contribution in [2.24, 2.45) is 0 Å². The van der Waals surface area contributed by atoms with Crippen molar-refractivity contribution < 1.29 is 23.4 Å². The molecule has 1 saturated heterocycles. The second-order valence-corrected chi connectivity index (χ2v) is 10.7. The number of likely N-dealkylation sites (N-methyl/N-ethyl adjacent to an activating group) is 2. The number of methoxy groups -OCH3 is 1. The highest BCUT2D eigenvalue weighted by atomic mass is 19.2. The number of hydrogen-bond acceptors (Lipinski definition) is 10. The van der Waals surface area contributed by atoms with Crippen LogP contribution in [-0.2, 0) is 10.4 Å². The smallest absolute Gasteiger partial charge is 0.247 e. The zero-order chi connectivity index (χ0) is 30.6. The summed E-state index contributed by atoms with van der Waals surface area (Å²) >= 11 is 0. The van der Waals surface area contributed by atoms with E-state index in [1.165, 1.54) is 33.4 Å². The van der Waals surface area contributed by atoms with Gasteiger partial charge in [-0.05, 0) is 58.5 Å². The van der Waals surface area contributed by atoms with Crippen LogP contribution in [0.15, 0.2) is 43.2 Å². The molecule has 224 valence electrons. The molecule has 13 heteroatoms. The van der Waals surface area contributed by atoms with Gasteiger partial charge in [0, 0.05) is 37.3 Å². The minimum Gasteiger partial charge on any atom is -0.494 e. The molecule has 1 aliphatic heterocycles. The van der Waals surface area contributed by atoms with Crippen LogP contribution in [0.1, 0.15) is 32.3 Å². The number of benzene rings is 2. The maximum Gasteiger partial charge on any atom is 0.247 e. The third-order valence-corrected chi connectivity index (χ3v) is 7.11. The maximum absolute atomic E-state index is 14.1. The molecule has 0 radical (unpaired) electrons. The second kappa shape index (κ2) is 12.7. The topological polar surface area (TPSA) is 128 Å². The van der Waals surface area contributed by atoms with Crippen LogP contribution in [-0.4, -0.2) is 71.2 Å². The van der Waals surface area contributed by atoms with Gasteiger partial charge in [0.2, 0.25) is 17.8 Å². The van der Waals surface area contributed by atoms with Crippen molar-refractivity contribution in [3.8, 4) is 5.75 Å². The first kappa shape index (κ1) is 30.6. The lowest BCUT2D eigenvalue weighted by Crippen LogP contribution is -2.37. The fraction of sp³-hybridized carbons (Fsp3) is 0.379. The molecule has 0 bridgehead atoms. The molecule has 1 aliphatic rings. The monoisotopic (exact) mass is 582 g/mol. The van der Waals surface area contributed by atoms with Crippen molar-refractivity contribution >= 4 is 40.6 Å². The highest BCUT2D eigenvalue weighted by Crippen LogP contribution is 2.38. The normalized spacial score (nSPS) is 15.3. The summed E-state index contributed by atoms with van der Waals surface area (Å²) in [5.74, 6) is -1.98. The SMILES string of the molecule is C=CC(=O)Nc1cc(Nc2ncnc(Nc3cc(F)c(F)cc3C(C)(C)O)n2)c(OC)cc1N(C)C[C@@H]1CCCN1C. The molecule has 0 spiro atoms. The molecule has 42 heavy (non-hydrogen) atoms. The molecule has 4 rings (SSSR count). The maximum atomic E-state index is 14.1. The number of nitrogens with one attached hydrogen (secondary N) is 3. The Labute approximate surface area is 243 Å². The van der Waals surface area contributed by atoms with Crippen LogP contribution < -0.4 is 25.6 Å². The van der Waals surface area contributed by atoms with Crippen LogP contribution in [0.3, 0.4) is 0 Å². The minimum absolute atomic E-state index is 0.0141. The fourth-order valence-electron chi connectivity index (χ4n) is 4.87. The second-order valence-electron chi connectivity index (χ2n) is 10.7. The molecule has 2 heterocycles. The lowest BCUT2D eigenvalue weighted by molar-refractivity contribution is -0.111. The summed E-state index contributed by atoms with van der Waals surface area (Å²) < 4.78 is 33.6. The molecule has 4 N–H and O–H groups in total. The molecule has 0 aliphatic carbocycles. The van der Waals surface area contributed by atoms with Gasteiger partial charge in [-0.2, -0.15) is 4.98 Å². The summed E-state index contributed by atoms with van der Waals surface area (Å²) in [6, 6.07) is 5.75. The molecular formula is C29H36F2N8O3. The summed E-state index contributed by atoms with van der Waals surface area (Å²) in [6.07, 6.45) is 4.65. The molecule has 1 amide bonds. The summed E-state index contributed by atoms with van der Waals surface area (Å²) in [7, 11) is 5.59. The van der Waals surface area contributed by atoms with Crippen LogP contribution in [0.4, 0.5) is 43.4 Å². The molecule has 0 unspecified atom stereocenters. The quantitative estimate of drug-likeness (QED) is 0.240. The van der Waals surface area contributed by atoms with Gasteiger partial charge in [-0.25, -0.2) is 18.7 Å². The average Bonchev–Trinajstić information content (AvgIpc) is 3.34. The Morgan fingerprint density at radius 3 is 2.43 bits per heavy atom. The lowest BCUT2D eigenvalue weighted by Gasteiger charge is -2.29. The summed E-state index contributed by atoms with van der Waals surface area (Å²) in [5.41, 5.74) is 0.454. The van der Waals surface area contributed by atoms with E-state index < -0.39 is 17.2 Å². The van der Waals surface area contributed by atoms with Gasteiger partial charge in [-0.1, -0.05) is 6.58 Å². The predicted molar refractivity (Wildman–Crippen MR) is 159 cm³/mol. The van der Waals surface area contributed by atoms with Gasteiger partial charge in [-0.15, -0.1) is 0 Å². The molecule has 11 nitrogen and oxygen atoms in total. The van der Waals surface area contributed by atoms with Gasteiger partial charge in [-0.3, -0.25) is 4.79 Å². The van der Waals surface area contributed by atoms with Gasteiger partial charge in [0.1, 0.15) is 12.1 Å². The van der Waals surface area contributed by atoms with Crippen molar-refractivity contribution in [1.29, 1.82) is 0 Å². The summed E-state index contributed by atoms with van der Waals surface area (Å²) in [6.45, 7) is 8.26. The number of nitrogens with zero attached hydrogens (tertiary/aromatic N) is 5. The third kappa shape index (κ3) is 7.09. The van der Waals surface area contributed by atoms with Crippen LogP contribution >= 0.6 is 0 Å². The molecule has 2 aromatic carbocycles. The van der Waals surface area contributed by atoms with Crippen LogP contribution in [0, 0.1) is 11.6 Å². The van der Waals surface area contributed by atoms with E-state index in [9.17, 15) is 18.7 Å². The first-order chi connectivity index (χ1) is 19.9. The Hall–Kier alpha value is -4.36. The number of carbonyl (C=O) groups is 1. The molecule has 1 atom stereocenters. The van der Waals surface area contributed by atoms with E-state index in [-0.39, 0.29) is 29.1 Å². The first-order valence-corrected chi connectivity index (χ1v) is 13.4. The number of ether oxygens (including phenoxy) is 1. The van der Waals surface area contributed by atoms with E-state index in [1.54, 1.807) is 6.07 Å². The van der Waals surface area contributed by atoms with E-state index in [0.29, 0.717) is 23.2 Å². The number of anilines is 6. The van der Waals surface area contributed by atoms with Gasteiger partial charge in [0.15, 0.2) is 11.6 Å². The summed E-state index contributed by atoms with van der Waals surface area (Å²) in [4.78, 5) is 29.3. The average molecular weight is 583 g/mol. The zero-order valence-electron chi connectivity index (χ0n) is 24.3. The number of rotatable bonds is 11. The van der Waals surface area contributed by atoms with E-state index in [4.69, 9.17) is 4.74 Å². The Morgan fingerprint density at radius 1 is 1.17 bits per heavy atom. The van der Waals surface area contributed by atoms with E-state index >= 15 is 0 Å². The largest absolute Gasteiger partial charge is 0.494 e. The number of aromatic nitrogens is 3. The van der Waals surface area contributed by atoms with Crippen molar-refractivity contribution in [2.75, 3.05) is 55.1 Å². The predicted octanol–water partition coefficient (Wildman–Crippen LogP) is 4.53. The third-order valence-electron chi connectivity index (χ3n) is 7.11. The van der Waals surface area contributed by atoms with Crippen molar-refractivity contribution in [3.63, 3.8) is 0 Å². The van der Waals surface area contributed by atoms with E-state index in [1.807, 2.05) is 13.1 Å². The van der Waals surface area contributed by atoms with Crippen molar-refractivity contribution in [2.45, 2.75) is 38.3 Å². The van der Waals surface area contributed by atoms with Crippen LogP contribution in [0.25, 0.3) is 0 Å². The number of likely N-dealkylation sites (tertiary alicyclic amines) is 1. The number of amides is 1. The Kier molecular flexibility index (Phi) is 9.22. The Bertz CT molecular complexity index is 1460. The minimum atomic E-state index is -1.48.